The summed E-state index contributed by atoms with van der Waals surface area (Å²) in [7, 11) is 11.9. The minimum Gasteiger partial charge on any atom is -0.496 e. The van der Waals surface area contributed by atoms with E-state index in [0.717, 1.165) is 24.6 Å². The third-order valence-corrected chi connectivity index (χ3v) is 6.65. The first-order chi connectivity index (χ1) is 16.3. The Morgan fingerprint density at radius 1 is 0.706 bits per heavy atom. The molecule has 0 bridgehead atoms. The molecule has 184 valence electrons. The Hall–Kier alpha value is -2.96. The zero-order chi connectivity index (χ0) is 24.8. The van der Waals surface area contributed by atoms with Crippen molar-refractivity contribution in [1.82, 2.24) is 18.9 Å². The Morgan fingerprint density at radius 3 is 1.88 bits per heavy atom. The number of benzene rings is 2. The van der Waals surface area contributed by atoms with Gasteiger partial charge >= 0.3 is 0 Å². The molecule has 2 heterocycles. The molecule has 0 amide bonds. The molecule has 0 radical (unpaired) electrons. The summed E-state index contributed by atoms with van der Waals surface area (Å²) in [6.45, 7) is 6.41. The van der Waals surface area contributed by atoms with Crippen molar-refractivity contribution < 1.29 is 9.47 Å². The molecule has 0 N–H and O–H groups in total. The van der Waals surface area contributed by atoms with Crippen LogP contribution >= 0.6 is 0 Å². The van der Waals surface area contributed by atoms with E-state index in [0.29, 0.717) is 12.1 Å². The topological polar surface area (TPSA) is 34.8 Å². The molecule has 0 spiro atoms. The molecule has 0 aliphatic heterocycles. The van der Waals surface area contributed by atoms with Gasteiger partial charge in [-0.2, -0.15) is 0 Å². The second-order valence-corrected chi connectivity index (χ2v) is 9.35. The van der Waals surface area contributed by atoms with Gasteiger partial charge in [-0.25, -0.2) is 0 Å². The van der Waals surface area contributed by atoms with Gasteiger partial charge in [0.25, 0.3) is 0 Å². The van der Waals surface area contributed by atoms with Gasteiger partial charge < -0.3 is 28.4 Å². The van der Waals surface area contributed by atoms with E-state index in [9.17, 15) is 0 Å². The van der Waals surface area contributed by atoms with Crippen molar-refractivity contribution in [2.45, 2.75) is 39.0 Å². The fraction of sp³-hybridized carbons (Fsp3) is 0.429. The molecule has 2 atom stereocenters. The van der Waals surface area contributed by atoms with Gasteiger partial charge in [-0.05, 0) is 72.4 Å². The van der Waals surface area contributed by atoms with Gasteiger partial charge in [0.1, 0.15) is 11.5 Å². The highest BCUT2D eigenvalue weighted by atomic mass is 16.5. The lowest BCUT2D eigenvalue weighted by molar-refractivity contribution is 0.285. The lowest BCUT2D eigenvalue weighted by Crippen LogP contribution is -2.28. The van der Waals surface area contributed by atoms with Crippen molar-refractivity contribution in [2.75, 3.05) is 42.4 Å². The molecule has 0 fully saturated rings. The summed E-state index contributed by atoms with van der Waals surface area (Å²) in [6.07, 6.45) is 4.26. The second kappa shape index (κ2) is 11.4. The first-order valence-corrected chi connectivity index (χ1v) is 11.8. The maximum Gasteiger partial charge on any atom is 0.143 e. The quantitative estimate of drug-likeness (QED) is 0.359. The summed E-state index contributed by atoms with van der Waals surface area (Å²) in [4.78, 5) is 4.45. The van der Waals surface area contributed by atoms with Crippen molar-refractivity contribution in [1.29, 1.82) is 0 Å². The third kappa shape index (κ3) is 5.75. The summed E-state index contributed by atoms with van der Waals surface area (Å²) in [5, 5.41) is 2.41. The van der Waals surface area contributed by atoms with E-state index in [-0.39, 0.29) is 0 Å². The van der Waals surface area contributed by atoms with Gasteiger partial charge in [-0.3, -0.25) is 0 Å². The van der Waals surface area contributed by atoms with Gasteiger partial charge in [0, 0.05) is 48.3 Å². The number of para-hydroxylation sites is 1. The molecule has 0 saturated carbocycles. The highest BCUT2D eigenvalue weighted by Gasteiger charge is 2.11. The largest absolute Gasteiger partial charge is 0.496 e. The molecule has 0 saturated heterocycles. The van der Waals surface area contributed by atoms with Crippen molar-refractivity contribution >= 4 is 21.8 Å². The molecule has 6 heteroatoms. The molecule has 2 aromatic carbocycles. The second-order valence-electron chi connectivity index (χ2n) is 9.35. The van der Waals surface area contributed by atoms with Crippen LogP contribution in [0.1, 0.15) is 13.8 Å². The number of aromatic nitrogens is 2. The maximum absolute atomic E-state index is 5.43. The number of hydrogen-bond acceptors (Lipinski definition) is 4. The predicted molar refractivity (Wildman–Crippen MR) is 143 cm³/mol. The van der Waals surface area contributed by atoms with Gasteiger partial charge in [0.15, 0.2) is 0 Å². The van der Waals surface area contributed by atoms with Crippen molar-refractivity contribution in [3.63, 3.8) is 0 Å². The van der Waals surface area contributed by atoms with Gasteiger partial charge in [-0.15, -0.1) is 0 Å². The molecule has 0 aliphatic rings. The van der Waals surface area contributed by atoms with Crippen LogP contribution in [0.2, 0.25) is 0 Å². The molecule has 6 nitrogen and oxygen atoms in total. The fourth-order valence-electron chi connectivity index (χ4n) is 3.97. The number of methoxy groups -OCH3 is 2. The summed E-state index contributed by atoms with van der Waals surface area (Å²) in [5.41, 5.74) is 2.42. The number of likely N-dealkylation sites (N-methyl/N-ethyl adjacent to an activating group) is 2. The Balaban J connectivity index is 0.000000191. The standard InChI is InChI=1S/2C14H20N2O/c1-11(15(2)3)10-16-9-8-12-13(16)6-5-7-14(12)17-4;1-11(15(2)3)10-16-9-8-12-6-5-7-13(17-4)14(12)16/h2*5-9,11H,10H2,1-4H3/t2*11-/m11/s1. The molecule has 0 aliphatic carbocycles. The number of rotatable bonds is 8. The number of hydrogen-bond donors (Lipinski definition) is 0. The summed E-state index contributed by atoms with van der Waals surface area (Å²) < 4.78 is 15.3. The van der Waals surface area contributed by atoms with E-state index in [1.165, 1.54) is 21.8 Å². The number of nitrogens with zero attached hydrogens (tertiary/aromatic N) is 4. The van der Waals surface area contributed by atoms with Crippen molar-refractivity contribution in [3.8, 4) is 11.5 Å². The Kier molecular flexibility index (Phi) is 8.64. The smallest absolute Gasteiger partial charge is 0.143 e. The highest BCUT2D eigenvalue weighted by Crippen LogP contribution is 2.27. The minimum absolute atomic E-state index is 0.496. The lowest BCUT2D eigenvalue weighted by atomic mass is 10.2. The molecule has 0 unspecified atom stereocenters. The SMILES string of the molecule is COc1cccc2c1ccn2C[C@@H](C)N(C)C.COc1cccc2ccn(C[C@@H](C)N(C)C)c12. The molecule has 34 heavy (non-hydrogen) atoms. The van der Waals surface area contributed by atoms with E-state index in [4.69, 9.17) is 9.47 Å². The molecule has 4 aromatic rings. The third-order valence-electron chi connectivity index (χ3n) is 6.65. The van der Waals surface area contributed by atoms with Crippen LogP contribution in [0.15, 0.2) is 60.9 Å². The van der Waals surface area contributed by atoms with Crippen molar-refractivity contribution in [2.24, 2.45) is 0 Å². The summed E-state index contributed by atoms with van der Waals surface area (Å²) >= 11 is 0. The minimum atomic E-state index is 0.496. The first kappa shape index (κ1) is 25.7. The zero-order valence-corrected chi connectivity index (χ0v) is 21.9. The maximum atomic E-state index is 5.43. The van der Waals surface area contributed by atoms with Crippen LogP contribution in [0, 0.1) is 0 Å². The van der Waals surface area contributed by atoms with Gasteiger partial charge in [0.05, 0.1) is 25.3 Å². The van der Waals surface area contributed by atoms with Crippen LogP contribution < -0.4 is 9.47 Å². The number of ether oxygens (including phenoxy) is 2. The van der Waals surface area contributed by atoms with Crippen LogP contribution in [-0.4, -0.2) is 73.4 Å². The Morgan fingerprint density at radius 2 is 1.26 bits per heavy atom. The van der Waals surface area contributed by atoms with E-state index < -0.39 is 0 Å². The highest BCUT2D eigenvalue weighted by molar-refractivity contribution is 5.87. The molecule has 2 aromatic heterocycles. The fourth-order valence-corrected chi connectivity index (χ4v) is 3.97. The Labute approximate surface area is 204 Å². The average Bonchev–Trinajstić information content (AvgIpc) is 3.43. The summed E-state index contributed by atoms with van der Waals surface area (Å²) in [6, 6.07) is 17.6. The molecule has 4 rings (SSSR count). The number of fused-ring (bicyclic) bond motifs is 2. The van der Waals surface area contributed by atoms with Crippen molar-refractivity contribution in [3.05, 3.63) is 60.9 Å². The van der Waals surface area contributed by atoms with Crippen LogP contribution in [0.3, 0.4) is 0 Å². The monoisotopic (exact) mass is 464 g/mol. The van der Waals surface area contributed by atoms with E-state index in [1.54, 1.807) is 14.2 Å². The van der Waals surface area contributed by atoms with E-state index >= 15 is 0 Å². The van der Waals surface area contributed by atoms with E-state index in [1.807, 2.05) is 24.3 Å². The van der Waals surface area contributed by atoms with Gasteiger partial charge in [0.2, 0.25) is 0 Å². The Bertz CT molecular complexity index is 1190. The zero-order valence-electron chi connectivity index (χ0n) is 21.9. The van der Waals surface area contributed by atoms with Crippen LogP contribution in [0.25, 0.3) is 21.8 Å². The molecular weight excluding hydrogens is 424 g/mol. The lowest BCUT2D eigenvalue weighted by Gasteiger charge is -2.21. The predicted octanol–water partition coefficient (Wildman–Crippen LogP) is 5.20. The average molecular weight is 465 g/mol. The molecular formula is C28H40N4O2. The first-order valence-electron chi connectivity index (χ1n) is 11.8. The summed E-state index contributed by atoms with van der Waals surface area (Å²) in [5.74, 6) is 1.89. The van der Waals surface area contributed by atoms with Gasteiger partial charge in [-0.1, -0.05) is 18.2 Å². The van der Waals surface area contributed by atoms with Crippen LogP contribution in [0.4, 0.5) is 0 Å². The van der Waals surface area contributed by atoms with E-state index in [2.05, 4.69) is 97.6 Å². The van der Waals surface area contributed by atoms with Crippen LogP contribution in [0.5, 0.6) is 11.5 Å². The van der Waals surface area contributed by atoms with Crippen LogP contribution in [-0.2, 0) is 13.1 Å². The normalized spacial score (nSPS) is 13.2.